The van der Waals surface area contributed by atoms with E-state index in [9.17, 15) is 18.0 Å². The maximum Gasteiger partial charge on any atom is 0.243 e. The van der Waals surface area contributed by atoms with E-state index in [0.717, 1.165) is 41.4 Å². The molecule has 0 bridgehead atoms. The Morgan fingerprint density at radius 2 is 1.64 bits per heavy atom. The second-order valence-electron chi connectivity index (χ2n) is 10.7. The molecule has 3 rings (SSSR count). The Bertz CT molecular complexity index is 1450. The van der Waals surface area contributed by atoms with Crippen LogP contribution in [-0.2, 0) is 32.6 Å². The van der Waals surface area contributed by atoms with Gasteiger partial charge in [-0.25, -0.2) is 8.42 Å². The van der Waals surface area contributed by atoms with Crippen molar-refractivity contribution in [2.24, 2.45) is 0 Å². The lowest BCUT2D eigenvalue weighted by molar-refractivity contribution is -0.141. The van der Waals surface area contributed by atoms with E-state index in [1.54, 1.807) is 23.1 Å². The first-order chi connectivity index (χ1) is 20.0. The van der Waals surface area contributed by atoms with E-state index in [4.69, 9.17) is 11.6 Å². The van der Waals surface area contributed by atoms with E-state index in [1.807, 2.05) is 68.4 Å². The van der Waals surface area contributed by atoms with E-state index < -0.39 is 16.1 Å². The van der Waals surface area contributed by atoms with Gasteiger partial charge in [-0.2, -0.15) is 0 Å². The van der Waals surface area contributed by atoms with E-state index in [1.165, 1.54) is 4.31 Å². The van der Waals surface area contributed by atoms with Crippen molar-refractivity contribution < 1.29 is 18.0 Å². The molecule has 7 nitrogen and oxygen atoms in total. The number of halogens is 1. The number of nitrogens with zero attached hydrogens (tertiary/aromatic N) is 2. The third-order valence-electron chi connectivity index (χ3n) is 7.13. The van der Waals surface area contributed by atoms with Crippen LogP contribution in [0.4, 0.5) is 5.69 Å². The smallest absolute Gasteiger partial charge is 0.243 e. The monoisotopic (exact) mass is 611 g/mol. The summed E-state index contributed by atoms with van der Waals surface area (Å²) in [6.45, 7) is 6.79. The molecule has 3 aromatic rings. The highest BCUT2D eigenvalue weighted by Gasteiger charge is 2.30. The Morgan fingerprint density at radius 1 is 0.929 bits per heavy atom. The predicted octanol–water partition coefficient (Wildman–Crippen LogP) is 6.06. The fourth-order valence-corrected chi connectivity index (χ4v) is 6.08. The Hall–Kier alpha value is -3.36. The van der Waals surface area contributed by atoms with Gasteiger partial charge < -0.3 is 10.2 Å². The molecule has 1 unspecified atom stereocenters. The number of hydrogen-bond donors (Lipinski definition) is 1. The number of aryl methyl sites for hydroxylation is 2. The van der Waals surface area contributed by atoms with Crippen molar-refractivity contribution in [1.29, 1.82) is 0 Å². The van der Waals surface area contributed by atoms with Gasteiger partial charge in [-0.15, -0.1) is 0 Å². The van der Waals surface area contributed by atoms with Crippen LogP contribution in [0.2, 0.25) is 5.02 Å². The standard InChI is InChI=1S/C33H42ClN3O4S/c1-5-6-19-35-33(39)31(22-27-13-8-7-9-14-27)36(24-28-15-10-12-25(2)21-28)32(38)16-11-20-37(42(4,40)41)30-23-29(34)18-17-26(30)3/h7-10,12-15,17-18,21,23,31H,5-6,11,16,19-20,22,24H2,1-4H3,(H,35,39). The van der Waals surface area contributed by atoms with Crippen molar-refractivity contribution in [2.45, 2.75) is 65.5 Å². The SMILES string of the molecule is CCCCNC(=O)C(Cc1ccccc1)N(Cc1cccc(C)c1)C(=O)CCCN(c1cc(Cl)ccc1C)S(C)(=O)=O. The molecule has 1 atom stereocenters. The van der Waals surface area contributed by atoms with Crippen molar-refractivity contribution in [1.82, 2.24) is 10.2 Å². The second-order valence-corrected chi connectivity index (χ2v) is 13.1. The molecular formula is C33H42ClN3O4S. The number of nitrogens with one attached hydrogen (secondary N) is 1. The molecule has 0 aliphatic heterocycles. The van der Waals surface area contributed by atoms with E-state index in [-0.39, 0.29) is 37.7 Å². The second kappa shape index (κ2) is 15.8. The number of unbranched alkanes of at least 4 members (excludes halogenated alkanes) is 1. The topological polar surface area (TPSA) is 86.8 Å². The predicted molar refractivity (Wildman–Crippen MR) is 171 cm³/mol. The summed E-state index contributed by atoms with van der Waals surface area (Å²) in [5.74, 6) is -0.403. The van der Waals surface area contributed by atoms with Gasteiger partial charge in [0, 0.05) is 37.5 Å². The molecule has 0 fully saturated rings. The molecule has 0 aliphatic rings. The minimum Gasteiger partial charge on any atom is -0.354 e. The third kappa shape index (κ3) is 9.88. The first kappa shape index (κ1) is 33.1. The van der Waals surface area contributed by atoms with Crippen molar-refractivity contribution in [3.63, 3.8) is 0 Å². The highest BCUT2D eigenvalue weighted by molar-refractivity contribution is 7.92. The maximum absolute atomic E-state index is 13.9. The Labute approximate surface area is 255 Å². The summed E-state index contributed by atoms with van der Waals surface area (Å²) < 4.78 is 26.8. The van der Waals surface area contributed by atoms with Gasteiger partial charge in [0.25, 0.3) is 0 Å². The molecule has 3 aromatic carbocycles. The van der Waals surface area contributed by atoms with E-state index in [2.05, 4.69) is 12.2 Å². The van der Waals surface area contributed by atoms with Crippen LogP contribution in [0.25, 0.3) is 0 Å². The highest BCUT2D eigenvalue weighted by Crippen LogP contribution is 2.27. The van der Waals surface area contributed by atoms with Crippen LogP contribution < -0.4 is 9.62 Å². The van der Waals surface area contributed by atoms with Gasteiger partial charge >= 0.3 is 0 Å². The molecule has 0 saturated heterocycles. The van der Waals surface area contributed by atoms with Crippen molar-refractivity contribution in [3.8, 4) is 0 Å². The summed E-state index contributed by atoms with van der Waals surface area (Å²) in [6.07, 6.45) is 3.66. The molecule has 0 radical (unpaired) electrons. The molecule has 0 aromatic heterocycles. The number of sulfonamides is 1. The summed E-state index contributed by atoms with van der Waals surface area (Å²) >= 11 is 6.18. The van der Waals surface area contributed by atoms with Crippen LogP contribution >= 0.6 is 11.6 Å². The number of carbonyl (C=O) groups excluding carboxylic acids is 2. The van der Waals surface area contributed by atoms with Crippen molar-refractivity contribution >= 4 is 39.1 Å². The highest BCUT2D eigenvalue weighted by atomic mass is 35.5. The van der Waals surface area contributed by atoms with Gasteiger partial charge in [-0.05, 0) is 55.5 Å². The normalized spacial score (nSPS) is 12.0. The van der Waals surface area contributed by atoms with E-state index in [0.29, 0.717) is 23.7 Å². The van der Waals surface area contributed by atoms with Gasteiger partial charge in [0.1, 0.15) is 6.04 Å². The van der Waals surface area contributed by atoms with Crippen LogP contribution in [0.1, 0.15) is 54.9 Å². The molecule has 1 N–H and O–H groups in total. The number of benzene rings is 3. The summed E-state index contributed by atoms with van der Waals surface area (Å²) in [5.41, 5.74) is 4.20. The van der Waals surface area contributed by atoms with Gasteiger partial charge in [0.05, 0.1) is 11.9 Å². The largest absolute Gasteiger partial charge is 0.354 e. The van der Waals surface area contributed by atoms with Crippen molar-refractivity contribution in [3.05, 3.63) is 100 Å². The van der Waals surface area contributed by atoms with Crippen LogP contribution in [0.5, 0.6) is 0 Å². The zero-order valence-electron chi connectivity index (χ0n) is 25.0. The first-order valence-electron chi connectivity index (χ1n) is 14.4. The zero-order chi connectivity index (χ0) is 30.7. The number of anilines is 1. The average Bonchev–Trinajstić information content (AvgIpc) is 2.94. The quantitative estimate of drug-likeness (QED) is 0.212. The number of carbonyl (C=O) groups is 2. The number of amides is 2. The minimum atomic E-state index is -3.63. The van der Waals surface area contributed by atoms with Crippen LogP contribution in [0.15, 0.2) is 72.8 Å². The van der Waals surface area contributed by atoms with Gasteiger partial charge in [0.2, 0.25) is 21.8 Å². The lowest BCUT2D eigenvalue weighted by atomic mass is 10.0. The fourth-order valence-electron chi connectivity index (χ4n) is 4.90. The molecular weight excluding hydrogens is 570 g/mol. The summed E-state index contributed by atoms with van der Waals surface area (Å²) in [7, 11) is -3.63. The van der Waals surface area contributed by atoms with Gasteiger partial charge in [-0.3, -0.25) is 13.9 Å². The molecule has 0 saturated carbocycles. The molecule has 42 heavy (non-hydrogen) atoms. The lowest BCUT2D eigenvalue weighted by Crippen LogP contribution is -2.50. The van der Waals surface area contributed by atoms with Crippen LogP contribution in [-0.4, -0.2) is 50.5 Å². The molecule has 2 amide bonds. The third-order valence-corrected chi connectivity index (χ3v) is 8.54. The Balaban J connectivity index is 1.89. The average molecular weight is 612 g/mol. The zero-order valence-corrected chi connectivity index (χ0v) is 26.5. The fraction of sp³-hybridized carbons (Fsp3) is 0.394. The first-order valence-corrected chi connectivity index (χ1v) is 16.6. The molecule has 0 aliphatic carbocycles. The molecule has 9 heteroatoms. The minimum absolute atomic E-state index is 0.0744. The maximum atomic E-state index is 13.9. The number of hydrogen-bond acceptors (Lipinski definition) is 4. The van der Waals surface area contributed by atoms with E-state index >= 15 is 0 Å². The Kier molecular flexibility index (Phi) is 12.4. The van der Waals surface area contributed by atoms with Crippen molar-refractivity contribution in [2.75, 3.05) is 23.7 Å². The van der Waals surface area contributed by atoms with Gasteiger partial charge in [0.15, 0.2) is 0 Å². The molecule has 226 valence electrons. The summed E-state index contributed by atoms with van der Waals surface area (Å²) in [5, 5.41) is 3.46. The summed E-state index contributed by atoms with van der Waals surface area (Å²) in [4.78, 5) is 29.2. The number of rotatable bonds is 15. The molecule has 0 heterocycles. The Morgan fingerprint density at radius 3 is 2.31 bits per heavy atom. The van der Waals surface area contributed by atoms with Gasteiger partial charge in [-0.1, -0.05) is 91.2 Å². The van der Waals surface area contributed by atoms with Crippen LogP contribution in [0.3, 0.4) is 0 Å². The lowest BCUT2D eigenvalue weighted by Gasteiger charge is -2.32. The summed E-state index contributed by atoms with van der Waals surface area (Å²) in [6, 6.07) is 22.0. The molecule has 0 spiro atoms. The van der Waals surface area contributed by atoms with Crippen LogP contribution in [0, 0.1) is 13.8 Å².